The van der Waals surface area contributed by atoms with E-state index < -0.39 is 0 Å². The predicted molar refractivity (Wildman–Crippen MR) is 91.4 cm³/mol. The van der Waals surface area contributed by atoms with Gasteiger partial charge in [0.15, 0.2) is 0 Å². The van der Waals surface area contributed by atoms with Crippen molar-refractivity contribution in [2.24, 2.45) is 11.3 Å². The van der Waals surface area contributed by atoms with Gasteiger partial charge in [0, 0.05) is 18.0 Å². The Morgan fingerprint density at radius 3 is 2.67 bits per heavy atom. The Morgan fingerprint density at radius 2 is 2.00 bits per heavy atom. The predicted octanol–water partition coefficient (Wildman–Crippen LogP) is 1.29. The molecule has 0 radical (unpaired) electrons. The number of aromatic nitrogens is 4. The number of halogens is 1. The molecule has 4 rings (SSSR count). The smallest absolute Gasteiger partial charge is 0.223 e. The Balaban J connectivity index is 0.00000169. The van der Waals surface area contributed by atoms with E-state index in [4.69, 9.17) is 0 Å². The molecule has 7 nitrogen and oxygen atoms in total. The monoisotopic (exact) mass is 348 g/mol. The minimum absolute atomic E-state index is 0. The first kappa shape index (κ1) is 16.9. The van der Waals surface area contributed by atoms with Gasteiger partial charge in [-0.1, -0.05) is 24.3 Å². The van der Waals surface area contributed by atoms with Gasteiger partial charge >= 0.3 is 0 Å². The number of nitrogens with one attached hydrogen (secondary N) is 3. The molecule has 24 heavy (non-hydrogen) atoms. The molecule has 8 heteroatoms. The number of H-pyrrole nitrogens is 1. The van der Waals surface area contributed by atoms with Crippen molar-refractivity contribution in [3.63, 3.8) is 0 Å². The molecule has 1 unspecified atom stereocenters. The summed E-state index contributed by atoms with van der Waals surface area (Å²) >= 11 is 0. The third-order valence-electron chi connectivity index (χ3n) is 5.13. The summed E-state index contributed by atoms with van der Waals surface area (Å²) in [6.07, 6.45) is 3.31. The minimum atomic E-state index is 0. The lowest BCUT2D eigenvalue weighted by molar-refractivity contribution is -0.123. The molecule has 1 saturated carbocycles. The molecule has 1 amide bonds. The van der Waals surface area contributed by atoms with E-state index in [1.807, 2.05) is 24.3 Å². The zero-order valence-corrected chi connectivity index (χ0v) is 14.1. The third kappa shape index (κ3) is 3.27. The molecule has 1 aromatic heterocycles. The Labute approximate surface area is 146 Å². The first-order valence-electron chi connectivity index (χ1n) is 8.08. The molecule has 3 N–H and O–H groups in total. The lowest BCUT2D eigenvalue weighted by atomic mass is 9.92. The van der Waals surface area contributed by atoms with Crippen LogP contribution in [0.5, 0.6) is 0 Å². The summed E-state index contributed by atoms with van der Waals surface area (Å²) in [5.74, 6) is 0.990. The molecule has 1 aromatic carbocycles. The maximum Gasteiger partial charge on any atom is 0.223 e. The molecule has 1 atom stereocenters. The Morgan fingerprint density at radius 1 is 1.25 bits per heavy atom. The lowest BCUT2D eigenvalue weighted by Crippen LogP contribution is -2.33. The fraction of sp³-hybridized carbons (Fsp3) is 0.500. The molecule has 1 aliphatic heterocycles. The van der Waals surface area contributed by atoms with Crippen LogP contribution in [0.2, 0.25) is 0 Å². The van der Waals surface area contributed by atoms with Crippen molar-refractivity contribution >= 4 is 18.3 Å². The van der Waals surface area contributed by atoms with Crippen LogP contribution in [0.15, 0.2) is 24.3 Å². The fourth-order valence-electron chi connectivity index (χ4n) is 3.56. The van der Waals surface area contributed by atoms with Gasteiger partial charge < -0.3 is 10.6 Å². The van der Waals surface area contributed by atoms with Gasteiger partial charge in [-0.3, -0.25) is 4.79 Å². The number of tetrazole rings is 1. The van der Waals surface area contributed by atoms with Gasteiger partial charge in [-0.15, -0.1) is 22.6 Å². The molecule has 1 aliphatic carbocycles. The van der Waals surface area contributed by atoms with Crippen LogP contribution in [0.25, 0.3) is 11.4 Å². The van der Waals surface area contributed by atoms with Crippen LogP contribution in [0.3, 0.4) is 0 Å². The van der Waals surface area contributed by atoms with E-state index in [0.29, 0.717) is 12.4 Å². The number of hydrogen-bond donors (Lipinski definition) is 3. The lowest BCUT2D eigenvalue weighted by Gasteiger charge is -2.23. The molecule has 2 aliphatic rings. The van der Waals surface area contributed by atoms with Gasteiger partial charge in [-0.05, 0) is 48.5 Å². The topological polar surface area (TPSA) is 95.6 Å². The molecule has 1 saturated heterocycles. The van der Waals surface area contributed by atoms with Gasteiger partial charge in [0.05, 0.1) is 0 Å². The zero-order chi connectivity index (χ0) is 15.7. The highest BCUT2D eigenvalue weighted by molar-refractivity contribution is 5.85. The fourth-order valence-corrected chi connectivity index (χ4v) is 3.56. The number of rotatable bonds is 4. The van der Waals surface area contributed by atoms with E-state index in [1.54, 1.807) is 0 Å². The van der Waals surface area contributed by atoms with Gasteiger partial charge in [0.25, 0.3) is 0 Å². The molecule has 2 fully saturated rings. The molecule has 2 aromatic rings. The second-order valence-electron chi connectivity index (χ2n) is 6.52. The van der Waals surface area contributed by atoms with Crippen molar-refractivity contribution in [2.75, 3.05) is 13.1 Å². The van der Waals surface area contributed by atoms with Crippen molar-refractivity contribution in [2.45, 2.75) is 25.8 Å². The summed E-state index contributed by atoms with van der Waals surface area (Å²) in [5, 5.41) is 20.3. The van der Waals surface area contributed by atoms with Gasteiger partial charge in [0.1, 0.15) is 0 Å². The minimum Gasteiger partial charge on any atom is -0.352 e. The van der Waals surface area contributed by atoms with E-state index in [2.05, 4.69) is 31.3 Å². The number of benzene rings is 1. The average Bonchev–Trinajstić information content (AvgIpc) is 3.03. The van der Waals surface area contributed by atoms with Crippen LogP contribution in [-0.4, -0.2) is 39.6 Å². The molecule has 0 bridgehead atoms. The van der Waals surface area contributed by atoms with Crippen molar-refractivity contribution < 1.29 is 4.79 Å². The Kier molecular flexibility index (Phi) is 4.82. The van der Waals surface area contributed by atoms with E-state index >= 15 is 0 Å². The highest BCUT2D eigenvalue weighted by Gasteiger charge is 2.57. The van der Waals surface area contributed by atoms with Crippen molar-refractivity contribution in [3.8, 4) is 11.4 Å². The van der Waals surface area contributed by atoms with E-state index in [0.717, 1.165) is 43.5 Å². The highest BCUT2D eigenvalue weighted by Crippen LogP contribution is 2.58. The zero-order valence-electron chi connectivity index (χ0n) is 13.3. The molecular formula is C16H21ClN6O. The number of hydrogen-bond acceptors (Lipinski definition) is 5. The van der Waals surface area contributed by atoms with E-state index in [9.17, 15) is 4.79 Å². The number of carbonyl (C=O) groups excluding carboxylic acids is 1. The molecular weight excluding hydrogens is 328 g/mol. The number of amides is 1. The van der Waals surface area contributed by atoms with Crippen LogP contribution in [-0.2, 0) is 11.3 Å². The van der Waals surface area contributed by atoms with Crippen molar-refractivity contribution in [1.82, 2.24) is 31.3 Å². The van der Waals surface area contributed by atoms with Gasteiger partial charge in [-0.25, -0.2) is 0 Å². The standard InChI is InChI=1S/C16H20N6O.ClH/c23-15(13-9-16(13)5-7-17-8-6-16)18-10-11-1-3-12(4-2-11)14-19-21-22-20-14;/h1-4,13,17H,5-10H2,(H,18,23)(H,19,20,21,22);1H. The summed E-state index contributed by atoms with van der Waals surface area (Å²) in [4.78, 5) is 12.3. The maximum atomic E-state index is 12.3. The van der Waals surface area contributed by atoms with Crippen molar-refractivity contribution in [3.05, 3.63) is 29.8 Å². The first-order chi connectivity index (χ1) is 11.3. The average molecular weight is 349 g/mol. The summed E-state index contributed by atoms with van der Waals surface area (Å²) in [6.45, 7) is 2.65. The first-order valence-corrected chi connectivity index (χ1v) is 8.08. The molecule has 2 heterocycles. The highest BCUT2D eigenvalue weighted by atomic mass is 35.5. The van der Waals surface area contributed by atoms with Gasteiger partial charge in [0.2, 0.25) is 11.7 Å². The Hall–Kier alpha value is -1.99. The SMILES string of the molecule is Cl.O=C(NCc1ccc(-c2nn[nH]n2)cc1)C1CC12CCNCC2. The maximum absolute atomic E-state index is 12.3. The number of aromatic amines is 1. The second-order valence-corrected chi connectivity index (χ2v) is 6.52. The van der Waals surface area contributed by atoms with Crippen LogP contribution in [0, 0.1) is 11.3 Å². The molecule has 1 spiro atoms. The summed E-state index contributed by atoms with van der Waals surface area (Å²) < 4.78 is 0. The van der Waals surface area contributed by atoms with E-state index in [-0.39, 0.29) is 29.6 Å². The van der Waals surface area contributed by atoms with Crippen LogP contribution < -0.4 is 10.6 Å². The summed E-state index contributed by atoms with van der Waals surface area (Å²) in [6, 6.07) is 7.86. The van der Waals surface area contributed by atoms with Crippen LogP contribution >= 0.6 is 12.4 Å². The summed E-state index contributed by atoms with van der Waals surface area (Å²) in [5.41, 5.74) is 2.27. The number of piperidine rings is 1. The van der Waals surface area contributed by atoms with E-state index in [1.165, 1.54) is 0 Å². The number of nitrogens with zero attached hydrogens (tertiary/aromatic N) is 3. The summed E-state index contributed by atoms with van der Waals surface area (Å²) in [7, 11) is 0. The van der Waals surface area contributed by atoms with Crippen molar-refractivity contribution in [1.29, 1.82) is 0 Å². The van der Waals surface area contributed by atoms with Crippen LogP contribution in [0.1, 0.15) is 24.8 Å². The quantitative estimate of drug-likeness (QED) is 0.774. The normalized spacial score (nSPS) is 21.1. The largest absolute Gasteiger partial charge is 0.352 e. The Bertz CT molecular complexity index is 681. The molecule has 128 valence electrons. The second kappa shape index (κ2) is 6.86. The van der Waals surface area contributed by atoms with Gasteiger partial charge in [-0.2, -0.15) is 5.21 Å². The third-order valence-corrected chi connectivity index (χ3v) is 5.13. The number of carbonyl (C=O) groups is 1. The van der Waals surface area contributed by atoms with Crippen LogP contribution in [0.4, 0.5) is 0 Å².